The number of nitrogens with one attached hydrogen (secondary N) is 1. The van der Waals surface area contributed by atoms with E-state index >= 15 is 0 Å². The predicted molar refractivity (Wildman–Crippen MR) is 127 cm³/mol. The summed E-state index contributed by atoms with van der Waals surface area (Å²) >= 11 is 0. The van der Waals surface area contributed by atoms with E-state index in [0.29, 0.717) is 22.1 Å². The molecular formula is C26H27F3N2O4. The van der Waals surface area contributed by atoms with E-state index in [2.05, 4.69) is 5.32 Å². The van der Waals surface area contributed by atoms with Crippen LogP contribution in [0, 0.1) is 0 Å². The fourth-order valence-electron chi connectivity index (χ4n) is 3.59. The second kappa shape index (κ2) is 9.85. The number of fused-ring (bicyclic) bond motifs is 1. The summed E-state index contributed by atoms with van der Waals surface area (Å²) in [4.78, 5) is 25.6. The molecule has 3 aromatic rings. The van der Waals surface area contributed by atoms with Gasteiger partial charge in [0.1, 0.15) is 11.5 Å². The van der Waals surface area contributed by atoms with Crippen LogP contribution in [-0.2, 0) is 6.18 Å². The highest BCUT2D eigenvalue weighted by atomic mass is 19.4. The quantitative estimate of drug-likeness (QED) is 0.413. The minimum Gasteiger partial charge on any atom is -0.465 e. The number of rotatable bonds is 6. The topological polar surface area (TPSA) is 78.9 Å². The summed E-state index contributed by atoms with van der Waals surface area (Å²) in [5.41, 5.74) is -0.993. The molecule has 0 spiro atoms. The molecule has 0 bridgehead atoms. The van der Waals surface area contributed by atoms with Gasteiger partial charge in [0, 0.05) is 29.1 Å². The van der Waals surface area contributed by atoms with Crippen LogP contribution in [0.5, 0.6) is 11.5 Å². The van der Waals surface area contributed by atoms with Gasteiger partial charge in [0.25, 0.3) is 5.91 Å². The molecule has 186 valence electrons. The smallest absolute Gasteiger partial charge is 0.416 e. The minimum atomic E-state index is -4.43. The lowest BCUT2D eigenvalue weighted by atomic mass is 10.0. The van der Waals surface area contributed by atoms with E-state index in [4.69, 9.17) is 4.74 Å². The molecule has 1 atom stereocenters. The van der Waals surface area contributed by atoms with Crippen molar-refractivity contribution in [2.75, 3.05) is 6.54 Å². The van der Waals surface area contributed by atoms with E-state index in [-0.39, 0.29) is 18.2 Å². The Hall–Kier alpha value is -3.75. The van der Waals surface area contributed by atoms with E-state index in [0.717, 1.165) is 12.1 Å². The standard InChI is InChI=1S/C26H27F3N2O4/c1-16(15-31(24(33)34)25(2,3)4)30-23(32)18-8-13-21-17(14-18)6-5-7-22(21)35-20-11-9-19(10-12-20)26(27,28)29/h5-14,16H,15H2,1-4H3,(H,30,32)(H,33,34). The van der Waals surface area contributed by atoms with Gasteiger partial charge in [0.2, 0.25) is 0 Å². The second-order valence-corrected chi connectivity index (χ2v) is 9.25. The molecule has 0 fully saturated rings. The number of ether oxygens (including phenoxy) is 1. The fourth-order valence-corrected chi connectivity index (χ4v) is 3.59. The van der Waals surface area contributed by atoms with E-state index in [1.807, 2.05) is 0 Å². The summed E-state index contributed by atoms with van der Waals surface area (Å²) in [6.45, 7) is 7.20. The van der Waals surface area contributed by atoms with Crippen molar-refractivity contribution in [2.45, 2.75) is 45.5 Å². The molecule has 1 unspecified atom stereocenters. The third kappa shape index (κ3) is 6.44. The van der Waals surface area contributed by atoms with Crippen LogP contribution in [-0.4, -0.2) is 40.1 Å². The summed E-state index contributed by atoms with van der Waals surface area (Å²) in [6, 6.07) is 14.2. The van der Waals surface area contributed by atoms with Crippen molar-refractivity contribution in [3.8, 4) is 11.5 Å². The molecule has 2 N–H and O–H groups in total. The van der Waals surface area contributed by atoms with Gasteiger partial charge in [-0.2, -0.15) is 13.2 Å². The van der Waals surface area contributed by atoms with Crippen LogP contribution in [0.4, 0.5) is 18.0 Å². The molecule has 0 aliphatic rings. The SMILES string of the molecule is CC(CN(C(=O)O)C(C)(C)C)NC(=O)c1ccc2c(Oc3ccc(C(F)(F)F)cc3)cccc2c1. The van der Waals surface area contributed by atoms with Crippen LogP contribution in [0.15, 0.2) is 60.7 Å². The lowest BCUT2D eigenvalue weighted by Crippen LogP contribution is -2.51. The highest BCUT2D eigenvalue weighted by Crippen LogP contribution is 2.33. The summed E-state index contributed by atoms with van der Waals surface area (Å²) in [6.07, 6.45) is -5.49. The maximum Gasteiger partial charge on any atom is 0.416 e. The largest absolute Gasteiger partial charge is 0.465 e. The molecule has 0 heterocycles. The Kier molecular flexibility index (Phi) is 7.28. The molecule has 2 amide bonds. The van der Waals surface area contributed by atoms with Gasteiger partial charge in [-0.15, -0.1) is 0 Å². The molecule has 0 aliphatic carbocycles. The zero-order chi connectivity index (χ0) is 26.0. The first-order chi connectivity index (χ1) is 16.3. The zero-order valence-corrected chi connectivity index (χ0v) is 19.8. The number of hydrogen-bond acceptors (Lipinski definition) is 3. The van der Waals surface area contributed by atoms with Gasteiger partial charge in [-0.3, -0.25) is 4.79 Å². The van der Waals surface area contributed by atoms with Gasteiger partial charge in [-0.05, 0) is 81.6 Å². The molecule has 0 saturated carbocycles. The first-order valence-electron chi connectivity index (χ1n) is 10.9. The Labute approximate surface area is 201 Å². The third-order valence-corrected chi connectivity index (χ3v) is 5.39. The number of carboxylic acid groups (broad SMARTS) is 1. The van der Waals surface area contributed by atoms with Crippen molar-refractivity contribution >= 4 is 22.8 Å². The lowest BCUT2D eigenvalue weighted by molar-refractivity contribution is -0.137. The van der Waals surface area contributed by atoms with Gasteiger partial charge in [0.05, 0.1) is 5.56 Å². The Morgan fingerprint density at radius 1 is 1.03 bits per heavy atom. The molecular weight excluding hydrogens is 461 g/mol. The van der Waals surface area contributed by atoms with Crippen molar-refractivity contribution in [3.63, 3.8) is 0 Å². The van der Waals surface area contributed by atoms with Crippen molar-refractivity contribution < 1.29 is 32.6 Å². The molecule has 3 rings (SSSR count). The van der Waals surface area contributed by atoms with Gasteiger partial charge in [-0.1, -0.05) is 12.1 Å². The summed E-state index contributed by atoms with van der Waals surface area (Å²) in [5, 5.41) is 13.7. The summed E-state index contributed by atoms with van der Waals surface area (Å²) in [5.74, 6) is 0.334. The maximum absolute atomic E-state index is 12.8. The lowest BCUT2D eigenvalue weighted by Gasteiger charge is -2.35. The molecule has 0 saturated heterocycles. The number of carbonyl (C=O) groups is 2. The van der Waals surface area contributed by atoms with E-state index in [1.165, 1.54) is 17.0 Å². The number of carbonyl (C=O) groups excluding carboxylic acids is 1. The zero-order valence-electron chi connectivity index (χ0n) is 19.8. The number of nitrogens with zero attached hydrogens (tertiary/aromatic N) is 1. The summed E-state index contributed by atoms with van der Waals surface area (Å²) in [7, 11) is 0. The van der Waals surface area contributed by atoms with Gasteiger partial charge in [0.15, 0.2) is 0 Å². The van der Waals surface area contributed by atoms with Crippen LogP contribution < -0.4 is 10.1 Å². The Balaban J connectivity index is 1.75. The number of amides is 2. The highest BCUT2D eigenvalue weighted by molar-refractivity contribution is 6.00. The molecule has 0 aliphatic heterocycles. The molecule has 0 aromatic heterocycles. The van der Waals surface area contributed by atoms with Crippen LogP contribution >= 0.6 is 0 Å². The molecule has 9 heteroatoms. The van der Waals surface area contributed by atoms with Crippen molar-refractivity contribution in [3.05, 3.63) is 71.8 Å². The van der Waals surface area contributed by atoms with Gasteiger partial charge >= 0.3 is 12.3 Å². The van der Waals surface area contributed by atoms with Crippen LogP contribution in [0.3, 0.4) is 0 Å². The monoisotopic (exact) mass is 488 g/mol. The Morgan fingerprint density at radius 2 is 1.69 bits per heavy atom. The van der Waals surface area contributed by atoms with Gasteiger partial charge in [-0.25, -0.2) is 4.79 Å². The number of benzene rings is 3. The predicted octanol–water partition coefficient (Wildman–Crippen LogP) is 6.55. The first kappa shape index (κ1) is 25.9. The molecule has 3 aromatic carbocycles. The highest BCUT2D eigenvalue weighted by Gasteiger charge is 2.30. The van der Waals surface area contributed by atoms with E-state index in [9.17, 15) is 27.9 Å². The van der Waals surface area contributed by atoms with Gasteiger partial charge < -0.3 is 20.1 Å². The normalized spacial score (nSPS) is 12.8. The minimum absolute atomic E-state index is 0.128. The van der Waals surface area contributed by atoms with Crippen molar-refractivity contribution in [2.24, 2.45) is 0 Å². The number of alkyl halides is 3. The van der Waals surface area contributed by atoms with Crippen LogP contribution in [0.25, 0.3) is 10.8 Å². The van der Waals surface area contributed by atoms with Crippen LogP contribution in [0.2, 0.25) is 0 Å². The Morgan fingerprint density at radius 3 is 2.26 bits per heavy atom. The molecule has 0 radical (unpaired) electrons. The molecule has 6 nitrogen and oxygen atoms in total. The average molecular weight is 489 g/mol. The number of hydrogen-bond donors (Lipinski definition) is 2. The third-order valence-electron chi connectivity index (χ3n) is 5.39. The van der Waals surface area contributed by atoms with E-state index < -0.39 is 29.4 Å². The fraction of sp³-hybridized carbons (Fsp3) is 0.308. The van der Waals surface area contributed by atoms with Crippen molar-refractivity contribution in [1.29, 1.82) is 0 Å². The average Bonchev–Trinajstić information content (AvgIpc) is 2.76. The van der Waals surface area contributed by atoms with Crippen LogP contribution in [0.1, 0.15) is 43.6 Å². The second-order valence-electron chi connectivity index (χ2n) is 9.25. The first-order valence-corrected chi connectivity index (χ1v) is 10.9. The molecule has 35 heavy (non-hydrogen) atoms. The van der Waals surface area contributed by atoms with Crippen molar-refractivity contribution in [1.82, 2.24) is 10.2 Å². The number of halogens is 3. The Bertz CT molecular complexity index is 1220. The maximum atomic E-state index is 12.8. The van der Waals surface area contributed by atoms with E-state index in [1.54, 1.807) is 64.1 Å². The summed E-state index contributed by atoms with van der Waals surface area (Å²) < 4.78 is 44.1.